The molecular weight excluding hydrogens is 326 g/mol. The first-order valence-electron chi connectivity index (χ1n) is 10.9. The predicted molar refractivity (Wildman–Crippen MR) is 110 cm³/mol. The van der Waals surface area contributed by atoms with E-state index in [-0.39, 0.29) is 5.91 Å². The highest BCUT2D eigenvalue weighted by atomic mass is 16.1. The van der Waals surface area contributed by atoms with Crippen molar-refractivity contribution in [3.8, 4) is 0 Å². The molecule has 0 fully saturated rings. The van der Waals surface area contributed by atoms with Crippen LogP contribution in [0.25, 0.3) is 0 Å². The van der Waals surface area contributed by atoms with E-state index >= 15 is 0 Å². The maximum absolute atomic E-state index is 11.1. The van der Waals surface area contributed by atoms with Gasteiger partial charge < -0.3 is 16.0 Å². The maximum atomic E-state index is 11.1. The fourth-order valence-corrected chi connectivity index (χ4v) is 3.09. The van der Waals surface area contributed by atoms with Crippen LogP contribution in [0.1, 0.15) is 96.3 Å². The molecule has 5 nitrogen and oxygen atoms in total. The molecule has 0 aliphatic rings. The van der Waals surface area contributed by atoms with Gasteiger partial charge in [0, 0.05) is 20.0 Å². The van der Waals surface area contributed by atoms with Crippen molar-refractivity contribution in [2.45, 2.75) is 96.3 Å². The molecule has 0 bridgehead atoms. The Labute approximate surface area is 161 Å². The Morgan fingerprint density at radius 1 is 0.654 bits per heavy atom. The maximum Gasteiger partial charge on any atom is 0.219 e. The summed E-state index contributed by atoms with van der Waals surface area (Å²) in [6.07, 6.45) is 19.1. The molecule has 3 N–H and O–H groups in total. The molecule has 0 atom stereocenters. The summed E-state index contributed by atoms with van der Waals surface area (Å²) in [5.41, 5.74) is 0. The third-order valence-corrected chi connectivity index (χ3v) is 4.79. The molecule has 2 amide bonds. The highest BCUT2D eigenvalue weighted by Gasteiger charge is 1.97. The first kappa shape index (κ1) is 24.9. The Balaban J connectivity index is 3.01. The molecule has 0 saturated heterocycles. The minimum absolute atomic E-state index is 0.165. The average molecular weight is 370 g/mol. The van der Waals surface area contributed by atoms with E-state index in [4.69, 9.17) is 0 Å². The van der Waals surface area contributed by atoms with E-state index in [1.807, 2.05) is 0 Å². The molecule has 0 aromatic heterocycles. The molecule has 0 radical (unpaired) electrons. The van der Waals surface area contributed by atoms with Crippen molar-refractivity contribution in [2.75, 3.05) is 26.7 Å². The number of hydrogen-bond acceptors (Lipinski definition) is 3. The van der Waals surface area contributed by atoms with Crippen molar-refractivity contribution in [1.29, 1.82) is 0 Å². The number of nitrogens with one attached hydrogen (secondary N) is 3. The van der Waals surface area contributed by atoms with E-state index in [9.17, 15) is 9.59 Å². The topological polar surface area (TPSA) is 70.2 Å². The first-order valence-corrected chi connectivity index (χ1v) is 10.9. The highest BCUT2D eigenvalue weighted by Crippen LogP contribution is 2.08. The minimum atomic E-state index is 0.165. The van der Waals surface area contributed by atoms with Crippen molar-refractivity contribution >= 4 is 12.3 Å². The van der Waals surface area contributed by atoms with E-state index in [0.29, 0.717) is 6.42 Å². The molecule has 0 aliphatic carbocycles. The van der Waals surface area contributed by atoms with Crippen LogP contribution in [0, 0.1) is 0 Å². The van der Waals surface area contributed by atoms with Gasteiger partial charge in [0.2, 0.25) is 12.3 Å². The summed E-state index contributed by atoms with van der Waals surface area (Å²) in [5, 5.41) is 8.93. The Hall–Kier alpha value is -1.10. The van der Waals surface area contributed by atoms with E-state index in [1.165, 1.54) is 77.0 Å². The van der Waals surface area contributed by atoms with Crippen molar-refractivity contribution in [1.82, 2.24) is 16.0 Å². The van der Waals surface area contributed by atoms with Gasteiger partial charge in [-0.2, -0.15) is 0 Å². The summed E-state index contributed by atoms with van der Waals surface area (Å²) in [6, 6.07) is 0. The lowest BCUT2D eigenvalue weighted by Crippen LogP contribution is -2.17. The molecule has 154 valence electrons. The number of hydrogen-bond donors (Lipinski definition) is 3. The molecule has 0 unspecified atom stereocenters. The predicted octanol–water partition coefficient (Wildman–Crippen LogP) is 3.92. The second kappa shape index (κ2) is 21.9. The summed E-state index contributed by atoms with van der Waals surface area (Å²) < 4.78 is 0. The summed E-state index contributed by atoms with van der Waals surface area (Å²) in [5.74, 6) is 0.165. The molecular formula is C21H43N3O2. The van der Waals surface area contributed by atoms with Gasteiger partial charge in [-0.05, 0) is 38.8 Å². The third-order valence-electron chi connectivity index (χ3n) is 4.79. The normalized spacial score (nSPS) is 10.7. The van der Waals surface area contributed by atoms with Crippen LogP contribution in [0.2, 0.25) is 0 Å². The smallest absolute Gasteiger partial charge is 0.219 e. The standard InChI is InChI=1S/C21H43N3O2/c1-22-21(26)16-12-8-4-7-10-14-18-23-17-13-9-5-2-3-6-11-15-19-24-20-25/h20,23H,2-19H2,1H3,(H,22,26)(H,24,25). The van der Waals surface area contributed by atoms with Gasteiger partial charge in [0.05, 0.1) is 0 Å². The van der Waals surface area contributed by atoms with Gasteiger partial charge in [0.1, 0.15) is 0 Å². The number of amides is 2. The third kappa shape index (κ3) is 20.9. The van der Waals surface area contributed by atoms with Gasteiger partial charge in [0.15, 0.2) is 0 Å². The van der Waals surface area contributed by atoms with E-state index in [2.05, 4.69) is 16.0 Å². The first-order chi connectivity index (χ1) is 12.8. The molecule has 0 aliphatic heterocycles. The fraction of sp³-hybridized carbons (Fsp3) is 0.905. The molecule has 5 heteroatoms. The molecule has 0 spiro atoms. The van der Waals surface area contributed by atoms with Crippen molar-refractivity contribution < 1.29 is 9.59 Å². The van der Waals surface area contributed by atoms with Gasteiger partial charge in [-0.25, -0.2) is 0 Å². The van der Waals surface area contributed by atoms with Crippen LogP contribution in [0.15, 0.2) is 0 Å². The number of carbonyl (C=O) groups is 2. The molecule has 0 saturated carbocycles. The second-order valence-electron chi connectivity index (χ2n) is 7.19. The number of rotatable bonds is 21. The molecule has 0 aromatic carbocycles. The Morgan fingerprint density at radius 2 is 1.08 bits per heavy atom. The average Bonchev–Trinajstić information content (AvgIpc) is 2.66. The summed E-state index contributed by atoms with van der Waals surface area (Å²) >= 11 is 0. The van der Waals surface area contributed by atoms with Crippen molar-refractivity contribution in [2.24, 2.45) is 0 Å². The van der Waals surface area contributed by atoms with Crippen LogP contribution in [-0.2, 0) is 9.59 Å². The van der Waals surface area contributed by atoms with E-state index in [1.54, 1.807) is 7.05 Å². The zero-order valence-electron chi connectivity index (χ0n) is 17.1. The molecule has 26 heavy (non-hydrogen) atoms. The van der Waals surface area contributed by atoms with Crippen molar-refractivity contribution in [3.05, 3.63) is 0 Å². The van der Waals surface area contributed by atoms with E-state index < -0.39 is 0 Å². The quantitative estimate of drug-likeness (QED) is 0.212. The van der Waals surface area contributed by atoms with Crippen LogP contribution in [0.3, 0.4) is 0 Å². The monoisotopic (exact) mass is 369 g/mol. The molecule has 0 aromatic rings. The highest BCUT2D eigenvalue weighted by molar-refractivity contribution is 5.75. The SMILES string of the molecule is CNC(=O)CCCCCCCCNCCCCCCCCCCNC=O. The van der Waals surface area contributed by atoms with Gasteiger partial charge in [-0.1, -0.05) is 64.2 Å². The van der Waals surface area contributed by atoms with Gasteiger partial charge in [-0.3, -0.25) is 9.59 Å². The summed E-state index contributed by atoms with van der Waals surface area (Å²) in [4.78, 5) is 21.2. The zero-order chi connectivity index (χ0) is 19.1. The minimum Gasteiger partial charge on any atom is -0.359 e. The number of carbonyl (C=O) groups excluding carboxylic acids is 2. The van der Waals surface area contributed by atoms with Crippen LogP contribution in [-0.4, -0.2) is 39.0 Å². The van der Waals surface area contributed by atoms with Crippen molar-refractivity contribution in [3.63, 3.8) is 0 Å². The molecule has 0 heterocycles. The second-order valence-corrected chi connectivity index (χ2v) is 7.19. The van der Waals surface area contributed by atoms with Gasteiger partial charge >= 0.3 is 0 Å². The lowest BCUT2D eigenvalue weighted by Gasteiger charge is -2.05. The Bertz CT molecular complexity index is 312. The summed E-state index contributed by atoms with van der Waals surface area (Å²) in [6.45, 7) is 3.13. The van der Waals surface area contributed by atoms with Gasteiger partial charge in [-0.15, -0.1) is 0 Å². The molecule has 0 rings (SSSR count). The summed E-state index contributed by atoms with van der Waals surface area (Å²) in [7, 11) is 1.70. The van der Waals surface area contributed by atoms with Gasteiger partial charge in [0.25, 0.3) is 0 Å². The van der Waals surface area contributed by atoms with Crippen LogP contribution < -0.4 is 16.0 Å². The van der Waals surface area contributed by atoms with Crippen LogP contribution in [0.5, 0.6) is 0 Å². The van der Waals surface area contributed by atoms with E-state index in [0.717, 1.165) is 38.9 Å². The largest absolute Gasteiger partial charge is 0.359 e. The van der Waals surface area contributed by atoms with Crippen LogP contribution in [0.4, 0.5) is 0 Å². The Morgan fingerprint density at radius 3 is 1.54 bits per heavy atom. The lowest BCUT2D eigenvalue weighted by atomic mass is 10.1. The zero-order valence-corrected chi connectivity index (χ0v) is 17.1. The fourth-order valence-electron chi connectivity index (χ4n) is 3.09. The number of unbranched alkanes of at least 4 members (excludes halogenated alkanes) is 12. The van der Waals surface area contributed by atoms with Crippen LogP contribution >= 0.6 is 0 Å². The lowest BCUT2D eigenvalue weighted by molar-refractivity contribution is -0.120. The Kier molecular flexibility index (Phi) is 21.0.